The van der Waals surface area contributed by atoms with Crippen molar-refractivity contribution in [3.8, 4) is 16.3 Å². The Labute approximate surface area is 158 Å². The van der Waals surface area contributed by atoms with Crippen molar-refractivity contribution in [3.63, 3.8) is 0 Å². The van der Waals surface area contributed by atoms with Gasteiger partial charge in [-0.25, -0.2) is 14.5 Å². The molecule has 5 aromatic rings. The summed E-state index contributed by atoms with van der Waals surface area (Å²) in [6, 6.07) is 14.0. The van der Waals surface area contributed by atoms with Gasteiger partial charge in [0.25, 0.3) is 5.78 Å². The van der Waals surface area contributed by atoms with Crippen LogP contribution in [0.25, 0.3) is 27.4 Å². The fourth-order valence-corrected chi connectivity index (χ4v) is 3.73. The minimum Gasteiger partial charge on any atom is -0.496 e. The van der Waals surface area contributed by atoms with E-state index in [0.29, 0.717) is 18.3 Å². The molecular formula is C19H16N6OS. The maximum Gasteiger partial charge on any atom is 0.253 e. The molecule has 7 nitrogen and oxygen atoms in total. The molecule has 3 heterocycles. The highest BCUT2D eigenvalue weighted by molar-refractivity contribution is 7.13. The Balaban J connectivity index is 1.44. The van der Waals surface area contributed by atoms with Crippen molar-refractivity contribution in [2.24, 2.45) is 0 Å². The highest BCUT2D eigenvalue weighted by Gasteiger charge is 2.12. The molecule has 0 atom stereocenters. The third kappa shape index (κ3) is 2.80. The summed E-state index contributed by atoms with van der Waals surface area (Å²) in [6.07, 6.45) is 1.81. The molecule has 0 fully saturated rings. The second-order valence-electron chi connectivity index (χ2n) is 6.03. The number of nitrogens with one attached hydrogen (secondary N) is 2. The van der Waals surface area contributed by atoms with Gasteiger partial charge in [-0.2, -0.15) is 4.98 Å². The molecule has 27 heavy (non-hydrogen) atoms. The molecule has 0 saturated heterocycles. The van der Waals surface area contributed by atoms with Crippen LogP contribution in [0.2, 0.25) is 0 Å². The van der Waals surface area contributed by atoms with Crippen molar-refractivity contribution in [3.05, 3.63) is 59.6 Å². The van der Waals surface area contributed by atoms with E-state index in [4.69, 9.17) is 4.74 Å². The molecule has 0 unspecified atom stereocenters. The number of benzene rings is 2. The van der Waals surface area contributed by atoms with Crippen LogP contribution < -0.4 is 10.1 Å². The van der Waals surface area contributed by atoms with Crippen molar-refractivity contribution in [2.45, 2.75) is 6.54 Å². The number of H-pyrrole nitrogens is 1. The first-order valence-electron chi connectivity index (χ1n) is 8.46. The summed E-state index contributed by atoms with van der Waals surface area (Å²) in [5.41, 5.74) is 3.99. The van der Waals surface area contributed by atoms with Crippen LogP contribution in [0, 0.1) is 0 Å². The van der Waals surface area contributed by atoms with Crippen LogP contribution in [-0.2, 0) is 6.54 Å². The van der Waals surface area contributed by atoms with Crippen LogP contribution in [0.5, 0.6) is 5.75 Å². The fraction of sp³-hybridized carbons (Fsp3) is 0.105. The lowest BCUT2D eigenvalue weighted by atomic mass is 10.2. The molecule has 0 saturated carbocycles. The zero-order chi connectivity index (χ0) is 18.2. The van der Waals surface area contributed by atoms with Crippen LogP contribution in [0.4, 0.5) is 5.95 Å². The third-order valence-corrected chi connectivity index (χ3v) is 5.21. The number of thiazole rings is 1. The van der Waals surface area contributed by atoms with Crippen molar-refractivity contribution >= 4 is 34.1 Å². The van der Waals surface area contributed by atoms with Gasteiger partial charge in [-0.1, -0.05) is 18.2 Å². The second-order valence-corrected chi connectivity index (χ2v) is 6.92. The largest absolute Gasteiger partial charge is 0.496 e. The molecule has 134 valence electrons. The van der Waals surface area contributed by atoms with E-state index in [1.807, 2.05) is 52.5 Å². The van der Waals surface area contributed by atoms with Crippen LogP contribution in [-0.4, -0.2) is 31.7 Å². The molecule has 0 bridgehead atoms. The van der Waals surface area contributed by atoms with Crippen LogP contribution >= 0.6 is 11.3 Å². The number of fused-ring (bicyclic) bond motifs is 3. The summed E-state index contributed by atoms with van der Waals surface area (Å²) in [6.45, 7) is 0.604. The number of para-hydroxylation sites is 1. The topological polar surface area (TPSA) is 80.1 Å². The summed E-state index contributed by atoms with van der Waals surface area (Å²) in [5.74, 6) is 2.14. The molecule has 2 N–H and O–H groups in total. The van der Waals surface area contributed by atoms with E-state index < -0.39 is 0 Å². The fourth-order valence-electron chi connectivity index (χ4n) is 3.09. The molecule has 0 aliphatic rings. The van der Waals surface area contributed by atoms with Gasteiger partial charge >= 0.3 is 0 Å². The molecule has 0 aliphatic heterocycles. The number of anilines is 1. The van der Waals surface area contributed by atoms with Gasteiger partial charge < -0.3 is 10.1 Å². The number of rotatable bonds is 5. The second kappa shape index (κ2) is 6.40. The van der Waals surface area contributed by atoms with E-state index in [-0.39, 0.29) is 0 Å². The van der Waals surface area contributed by atoms with Gasteiger partial charge in [-0.15, -0.1) is 11.3 Å². The summed E-state index contributed by atoms with van der Waals surface area (Å²) < 4.78 is 7.27. The Morgan fingerprint density at radius 1 is 1.19 bits per heavy atom. The van der Waals surface area contributed by atoms with Crippen molar-refractivity contribution < 1.29 is 4.74 Å². The normalized spacial score (nSPS) is 11.3. The highest BCUT2D eigenvalue weighted by Crippen LogP contribution is 2.26. The monoisotopic (exact) mass is 376 g/mol. The number of ether oxygens (including phenoxy) is 1. The molecule has 0 radical (unpaired) electrons. The number of imidazole rings is 1. The number of aromatic amines is 1. The van der Waals surface area contributed by atoms with E-state index in [1.54, 1.807) is 18.4 Å². The molecule has 3 aromatic heterocycles. The highest BCUT2D eigenvalue weighted by atomic mass is 32.1. The van der Waals surface area contributed by atoms with E-state index in [9.17, 15) is 0 Å². The average molecular weight is 376 g/mol. The van der Waals surface area contributed by atoms with Gasteiger partial charge in [0.2, 0.25) is 5.95 Å². The molecule has 0 amide bonds. The predicted octanol–water partition coefficient (Wildman–Crippen LogP) is 3.95. The number of nitrogens with zero attached hydrogens (tertiary/aromatic N) is 4. The lowest BCUT2D eigenvalue weighted by Crippen LogP contribution is -2.03. The first kappa shape index (κ1) is 15.8. The molecule has 2 aromatic carbocycles. The number of hydrogen-bond donors (Lipinski definition) is 2. The van der Waals surface area contributed by atoms with Crippen LogP contribution in [0.1, 0.15) is 5.56 Å². The van der Waals surface area contributed by atoms with E-state index in [0.717, 1.165) is 32.9 Å². The van der Waals surface area contributed by atoms with Crippen molar-refractivity contribution in [1.82, 2.24) is 24.6 Å². The number of methoxy groups -OCH3 is 1. The van der Waals surface area contributed by atoms with Crippen molar-refractivity contribution in [1.29, 1.82) is 0 Å². The van der Waals surface area contributed by atoms with Crippen molar-refractivity contribution in [2.75, 3.05) is 12.4 Å². The first-order valence-corrected chi connectivity index (χ1v) is 9.33. The molecular weight excluding hydrogens is 360 g/mol. The summed E-state index contributed by atoms with van der Waals surface area (Å²) in [5, 5.41) is 9.51. The van der Waals surface area contributed by atoms with Gasteiger partial charge in [-0.05, 0) is 24.3 Å². The smallest absolute Gasteiger partial charge is 0.253 e. The van der Waals surface area contributed by atoms with Gasteiger partial charge in [0, 0.05) is 29.2 Å². The maximum atomic E-state index is 5.38. The minimum atomic E-state index is 0.604. The molecule has 5 rings (SSSR count). The number of hydrogen-bond acceptors (Lipinski definition) is 6. The zero-order valence-electron chi connectivity index (χ0n) is 14.5. The Morgan fingerprint density at radius 2 is 2.11 bits per heavy atom. The summed E-state index contributed by atoms with van der Waals surface area (Å²) in [4.78, 5) is 13.5. The van der Waals surface area contributed by atoms with E-state index >= 15 is 0 Å². The Bertz CT molecular complexity index is 1220. The van der Waals surface area contributed by atoms with E-state index in [1.165, 1.54) is 0 Å². The minimum absolute atomic E-state index is 0.604. The molecule has 8 heteroatoms. The number of aromatic nitrogens is 5. The third-order valence-electron chi connectivity index (χ3n) is 4.38. The maximum absolute atomic E-state index is 5.38. The quantitative estimate of drug-likeness (QED) is 0.485. The van der Waals surface area contributed by atoms with Gasteiger partial charge in [0.15, 0.2) is 0 Å². The van der Waals surface area contributed by atoms with Gasteiger partial charge in [-0.3, -0.25) is 5.10 Å². The standard InChI is InChI=1S/C19H16N6OS/c1-26-16-5-3-2-4-13(16)11-21-18-23-19-22-14-10-12(17-20-8-9-27-17)6-7-15(14)25(19)24-18/h2-10H,11H2,1H3,(H2,21,22,23,24). The summed E-state index contributed by atoms with van der Waals surface area (Å²) >= 11 is 1.61. The Kier molecular flexibility index (Phi) is 3.75. The van der Waals surface area contributed by atoms with Crippen LogP contribution in [0.3, 0.4) is 0 Å². The lowest BCUT2D eigenvalue weighted by molar-refractivity contribution is 0.410. The molecule has 0 aliphatic carbocycles. The SMILES string of the molecule is COc1ccccc1CNc1nc2nc3cc(-c4nccs4)ccc3n2[nH]1. The molecule has 0 spiro atoms. The van der Waals surface area contributed by atoms with Gasteiger partial charge in [0.1, 0.15) is 10.8 Å². The lowest BCUT2D eigenvalue weighted by Gasteiger charge is -2.08. The predicted molar refractivity (Wildman–Crippen MR) is 106 cm³/mol. The first-order chi connectivity index (χ1) is 13.3. The summed E-state index contributed by atoms with van der Waals surface area (Å²) in [7, 11) is 1.67. The zero-order valence-corrected chi connectivity index (χ0v) is 15.3. The van der Waals surface area contributed by atoms with E-state index in [2.05, 4.69) is 31.4 Å². The average Bonchev–Trinajstić information content (AvgIpc) is 3.42. The van der Waals surface area contributed by atoms with Gasteiger partial charge in [0.05, 0.1) is 18.1 Å². The Hall–Kier alpha value is -3.39. The van der Waals surface area contributed by atoms with Crippen LogP contribution in [0.15, 0.2) is 54.0 Å². The Morgan fingerprint density at radius 3 is 2.96 bits per heavy atom.